The molecule has 0 spiro atoms. The van der Waals surface area contributed by atoms with Crippen molar-refractivity contribution in [2.75, 3.05) is 12.4 Å². The van der Waals surface area contributed by atoms with E-state index >= 15 is 0 Å². The van der Waals surface area contributed by atoms with Crippen molar-refractivity contribution in [3.8, 4) is 0 Å². The number of ether oxygens (including phenoxy) is 1. The van der Waals surface area contributed by atoms with Gasteiger partial charge in [0, 0.05) is 28.4 Å². The number of aromatic nitrogens is 4. The quantitative estimate of drug-likeness (QED) is 0.169. The zero-order chi connectivity index (χ0) is 24.1. The lowest BCUT2D eigenvalue weighted by molar-refractivity contribution is -0.121. The van der Waals surface area contributed by atoms with Gasteiger partial charge in [-0.05, 0) is 12.5 Å². The fourth-order valence-electron chi connectivity index (χ4n) is 2.78. The molecule has 10 nitrogen and oxygen atoms in total. The molecule has 1 N–H and O–H groups in total. The summed E-state index contributed by atoms with van der Waals surface area (Å²) in [5.41, 5.74) is -0.562. The maximum atomic E-state index is 12.8. The average Bonchev–Trinajstić information content (AvgIpc) is 3.10. The Labute approximate surface area is 191 Å². The van der Waals surface area contributed by atoms with E-state index in [2.05, 4.69) is 29.9 Å². The van der Waals surface area contributed by atoms with Crippen LogP contribution < -0.4 is 16.6 Å². The second-order valence-electron chi connectivity index (χ2n) is 8.62. The SMILES string of the molecule is CCC(C=O)NC(=O)CSc1nc2c(c(=O)n(C)c(=O)n2C)n1C=COCC[Si](C)(C)C. The van der Waals surface area contributed by atoms with Gasteiger partial charge >= 0.3 is 5.69 Å². The lowest BCUT2D eigenvalue weighted by Gasteiger charge is -2.14. The van der Waals surface area contributed by atoms with Crippen LogP contribution in [0.1, 0.15) is 13.3 Å². The van der Waals surface area contributed by atoms with Crippen LogP contribution in [-0.2, 0) is 28.4 Å². The molecule has 0 saturated carbocycles. The Kier molecular flexibility index (Phi) is 8.67. The van der Waals surface area contributed by atoms with Gasteiger partial charge in [0.25, 0.3) is 5.56 Å². The number of aryl methyl sites for hydroxylation is 1. The third-order valence-electron chi connectivity index (χ3n) is 4.82. The Bertz CT molecular complexity index is 1130. The lowest BCUT2D eigenvalue weighted by atomic mass is 10.2. The molecule has 2 rings (SSSR count). The molecule has 2 aromatic rings. The van der Waals surface area contributed by atoms with Crippen molar-refractivity contribution in [2.24, 2.45) is 14.1 Å². The first kappa shape index (κ1) is 25.7. The van der Waals surface area contributed by atoms with Crippen LogP contribution in [0.5, 0.6) is 0 Å². The van der Waals surface area contributed by atoms with Crippen LogP contribution >= 0.6 is 11.8 Å². The molecule has 1 unspecified atom stereocenters. The first-order valence-electron chi connectivity index (χ1n) is 10.3. The third kappa shape index (κ3) is 6.22. The van der Waals surface area contributed by atoms with Crippen molar-refractivity contribution >= 4 is 49.4 Å². The van der Waals surface area contributed by atoms with Gasteiger partial charge in [-0.3, -0.25) is 23.3 Å². The fraction of sp³-hybridized carbons (Fsp3) is 0.550. The van der Waals surface area contributed by atoms with Crippen molar-refractivity contribution in [1.82, 2.24) is 24.0 Å². The zero-order valence-corrected chi connectivity index (χ0v) is 21.2. The largest absolute Gasteiger partial charge is 0.500 e. The molecule has 0 fully saturated rings. The highest BCUT2D eigenvalue weighted by Crippen LogP contribution is 2.22. The molecule has 0 aliphatic rings. The Hall–Kier alpha value is -2.60. The highest BCUT2D eigenvalue weighted by molar-refractivity contribution is 7.99. The van der Waals surface area contributed by atoms with Gasteiger partial charge in [0.1, 0.15) is 6.29 Å². The molecule has 0 aliphatic carbocycles. The molecule has 176 valence electrons. The van der Waals surface area contributed by atoms with Gasteiger partial charge in [-0.1, -0.05) is 38.3 Å². The van der Waals surface area contributed by atoms with Crippen molar-refractivity contribution in [3.05, 3.63) is 27.1 Å². The summed E-state index contributed by atoms with van der Waals surface area (Å²) in [6, 6.07) is 0.435. The number of carbonyl (C=O) groups is 2. The van der Waals surface area contributed by atoms with Crippen molar-refractivity contribution < 1.29 is 14.3 Å². The molecule has 1 amide bonds. The van der Waals surface area contributed by atoms with Gasteiger partial charge in [-0.25, -0.2) is 9.78 Å². The predicted molar refractivity (Wildman–Crippen MR) is 129 cm³/mol. The summed E-state index contributed by atoms with van der Waals surface area (Å²) in [5.74, 6) is -0.337. The summed E-state index contributed by atoms with van der Waals surface area (Å²) < 4.78 is 9.45. The van der Waals surface area contributed by atoms with Crippen LogP contribution in [0, 0.1) is 0 Å². The summed E-state index contributed by atoms with van der Waals surface area (Å²) in [6.07, 6.45) is 4.26. The Morgan fingerprint density at radius 2 is 1.94 bits per heavy atom. The molecule has 12 heteroatoms. The summed E-state index contributed by atoms with van der Waals surface area (Å²) in [6.45, 7) is 9.11. The van der Waals surface area contributed by atoms with E-state index in [0.717, 1.165) is 22.4 Å². The van der Waals surface area contributed by atoms with Crippen LogP contribution in [0.4, 0.5) is 0 Å². The fourth-order valence-corrected chi connectivity index (χ4v) is 4.30. The van der Waals surface area contributed by atoms with Gasteiger partial charge in [0.15, 0.2) is 16.3 Å². The normalized spacial score (nSPS) is 12.9. The van der Waals surface area contributed by atoms with Crippen LogP contribution in [0.2, 0.25) is 25.7 Å². The summed E-state index contributed by atoms with van der Waals surface area (Å²) in [7, 11) is 1.69. The number of nitrogens with one attached hydrogen (secondary N) is 1. The van der Waals surface area contributed by atoms with Gasteiger partial charge in [-0.15, -0.1) is 0 Å². The number of hydrogen-bond donors (Lipinski definition) is 1. The first-order valence-corrected chi connectivity index (χ1v) is 15.0. The molecule has 2 aromatic heterocycles. The Morgan fingerprint density at radius 1 is 1.25 bits per heavy atom. The topological polar surface area (TPSA) is 117 Å². The molecule has 32 heavy (non-hydrogen) atoms. The summed E-state index contributed by atoms with van der Waals surface area (Å²) in [4.78, 5) is 52.7. The maximum Gasteiger partial charge on any atom is 0.332 e. The first-order chi connectivity index (χ1) is 15.0. The number of aldehydes is 1. The molecule has 2 heterocycles. The monoisotopic (exact) mass is 481 g/mol. The average molecular weight is 482 g/mol. The molecule has 1 atom stereocenters. The highest BCUT2D eigenvalue weighted by Gasteiger charge is 2.20. The molecule has 0 aliphatic heterocycles. The smallest absolute Gasteiger partial charge is 0.332 e. The van der Waals surface area contributed by atoms with Crippen LogP contribution in [-0.4, -0.2) is 57.4 Å². The second kappa shape index (κ2) is 10.8. The van der Waals surface area contributed by atoms with Crippen LogP contribution in [0.3, 0.4) is 0 Å². The molecule has 0 aromatic carbocycles. The number of imidazole rings is 1. The minimum Gasteiger partial charge on any atom is -0.500 e. The number of fused-ring (bicyclic) bond motifs is 1. The Morgan fingerprint density at radius 3 is 2.53 bits per heavy atom. The minimum absolute atomic E-state index is 0.00769. The molecular weight excluding hydrogens is 450 g/mol. The standard InChI is InChI=1S/C20H31N5O5SSi/c1-7-14(12-26)21-15(27)13-31-19-22-17-16(18(28)24(3)20(29)23(17)2)25(19)8-9-30-10-11-32(4,5)6/h8-9,12,14H,7,10-11,13H2,1-6H3,(H,21,27). The van der Waals surface area contributed by atoms with E-state index in [1.54, 1.807) is 13.1 Å². The predicted octanol–water partition coefficient (Wildman–Crippen LogP) is 1.40. The summed E-state index contributed by atoms with van der Waals surface area (Å²) >= 11 is 1.10. The number of nitrogens with zero attached hydrogens (tertiary/aromatic N) is 4. The molecule has 0 bridgehead atoms. The van der Waals surface area contributed by atoms with Gasteiger partial charge in [0.05, 0.1) is 24.7 Å². The van der Waals surface area contributed by atoms with E-state index in [4.69, 9.17) is 4.74 Å². The van der Waals surface area contributed by atoms with Crippen LogP contribution in [0.15, 0.2) is 21.0 Å². The third-order valence-corrected chi connectivity index (χ3v) is 7.47. The number of amides is 1. The van der Waals surface area contributed by atoms with Gasteiger partial charge in [-0.2, -0.15) is 0 Å². The van der Waals surface area contributed by atoms with E-state index in [1.807, 2.05) is 0 Å². The molecule has 0 saturated heterocycles. The highest BCUT2D eigenvalue weighted by atomic mass is 32.2. The second-order valence-corrected chi connectivity index (χ2v) is 15.2. The van der Waals surface area contributed by atoms with Gasteiger partial charge < -0.3 is 14.8 Å². The minimum atomic E-state index is -1.25. The van der Waals surface area contributed by atoms with Crippen LogP contribution in [0.25, 0.3) is 17.4 Å². The molecular formula is C20H31N5O5SSi. The van der Waals surface area contributed by atoms with Crippen molar-refractivity contribution in [2.45, 2.75) is 50.2 Å². The van der Waals surface area contributed by atoms with Crippen molar-refractivity contribution in [3.63, 3.8) is 0 Å². The number of carbonyl (C=O) groups excluding carboxylic acids is 2. The van der Waals surface area contributed by atoms with Gasteiger partial charge in [0.2, 0.25) is 5.91 Å². The molecule has 0 radical (unpaired) electrons. The van der Waals surface area contributed by atoms with E-state index in [0.29, 0.717) is 24.5 Å². The maximum absolute atomic E-state index is 12.8. The zero-order valence-electron chi connectivity index (χ0n) is 19.4. The summed E-state index contributed by atoms with van der Waals surface area (Å²) in [5, 5.41) is 2.99. The lowest BCUT2D eigenvalue weighted by Crippen LogP contribution is -2.37. The van der Waals surface area contributed by atoms with E-state index in [9.17, 15) is 19.2 Å². The number of hydrogen-bond acceptors (Lipinski definition) is 7. The Balaban J connectivity index is 2.37. The van der Waals surface area contributed by atoms with E-state index < -0.39 is 25.4 Å². The van der Waals surface area contributed by atoms with E-state index in [1.165, 1.54) is 29.5 Å². The number of rotatable bonds is 11. The van der Waals surface area contributed by atoms with E-state index in [-0.39, 0.29) is 22.8 Å². The van der Waals surface area contributed by atoms with Crippen molar-refractivity contribution in [1.29, 1.82) is 0 Å². The number of thioether (sulfide) groups is 1.